The quantitative estimate of drug-likeness (QED) is 0.818. The molecule has 0 bridgehead atoms. The molecule has 0 aliphatic heterocycles. The molecule has 2 aromatic rings. The second-order valence-corrected chi connectivity index (χ2v) is 6.28. The summed E-state index contributed by atoms with van der Waals surface area (Å²) in [5.74, 6) is 2.07. The summed E-state index contributed by atoms with van der Waals surface area (Å²) >= 11 is 0. The Morgan fingerprint density at radius 1 is 1.09 bits per heavy atom. The van der Waals surface area contributed by atoms with Crippen LogP contribution in [0.25, 0.3) is 0 Å². The summed E-state index contributed by atoms with van der Waals surface area (Å²) < 4.78 is 0. The number of hydrogen-bond acceptors (Lipinski definition) is 4. The van der Waals surface area contributed by atoms with Gasteiger partial charge in [0.1, 0.15) is 11.6 Å². The molecule has 0 saturated carbocycles. The first-order valence-electron chi connectivity index (χ1n) is 8.79. The Labute approximate surface area is 139 Å². The Morgan fingerprint density at radius 2 is 1.96 bits per heavy atom. The van der Waals surface area contributed by atoms with E-state index in [9.17, 15) is 0 Å². The second-order valence-electron chi connectivity index (χ2n) is 6.28. The summed E-state index contributed by atoms with van der Waals surface area (Å²) in [6.45, 7) is 6.25. The van der Waals surface area contributed by atoms with Crippen molar-refractivity contribution in [2.24, 2.45) is 0 Å². The normalized spacial score (nSPS) is 13.7. The van der Waals surface area contributed by atoms with Crippen molar-refractivity contribution in [1.29, 1.82) is 0 Å². The first kappa shape index (κ1) is 15.9. The van der Waals surface area contributed by atoms with Crippen LogP contribution in [0.1, 0.15) is 49.0 Å². The van der Waals surface area contributed by atoms with Crippen molar-refractivity contribution in [2.75, 3.05) is 18.0 Å². The molecule has 23 heavy (non-hydrogen) atoms. The molecular formula is C19H26N4. The molecule has 0 N–H and O–H groups in total. The third kappa shape index (κ3) is 3.87. The van der Waals surface area contributed by atoms with E-state index >= 15 is 0 Å². The summed E-state index contributed by atoms with van der Waals surface area (Å²) in [5, 5.41) is 0. The molecule has 2 aromatic heterocycles. The van der Waals surface area contributed by atoms with Crippen LogP contribution in [0, 0.1) is 6.92 Å². The van der Waals surface area contributed by atoms with Gasteiger partial charge in [-0.15, -0.1) is 0 Å². The van der Waals surface area contributed by atoms with Gasteiger partial charge in [0.25, 0.3) is 0 Å². The number of aromatic nitrogens is 3. The van der Waals surface area contributed by atoms with Crippen LogP contribution in [0.4, 0.5) is 5.82 Å². The van der Waals surface area contributed by atoms with Gasteiger partial charge >= 0.3 is 0 Å². The second kappa shape index (κ2) is 7.53. The van der Waals surface area contributed by atoms with Gasteiger partial charge < -0.3 is 4.90 Å². The van der Waals surface area contributed by atoms with Gasteiger partial charge in [-0.25, -0.2) is 9.97 Å². The molecule has 0 unspecified atom stereocenters. The van der Waals surface area contributed by atoms with Crippen molar-refractivity contribution in [2.45, 2.75) is 52.4 Å². The highest BCUT2D eigenvalue weighted by Gasteiger charge is 2.20. The minimum absolute atomic E-state index is 0.902. The van der Waals surface area contributed by atoms with E-state index in [0.29, 0.717) is 0 Å². The zero-order valence-electron chi connectivity index (χ0n) is 14.3. The van der Waals surface area contributed by atoms with Crippen molar-refractivity contribution in [3.8, 4) is 0 Å². The van der Waals surface area contributed by atoms with Gasteiger partial charge in [0.05, 0.1) is 0 Å². The molecule has 0 aromatic carbocycles. The van der Waals surface area contributed by atoms with Crippen molar-refractivity contribution in [3.05, 3.63) is 47.2 Å². The average Bonchev–Trinajstić information content (AvgIpc) is 2.59. The highest BCUT2D eigenvalue weighted by molar-refractivity contribution is 5.50. The largest absolute Gasteiger partial charge is 0.356 e. The molecule has 0 spiro atoms. The molecule has 3 rings (SSSR count). The van der Waals surface area contributed by atoms with E-state index < -0.39 is 0 Å². The third-order valence-corrected chi connectivity index (χ3v) is 4.43. The number of aryl methyl sites for hydroxylation is 2. The van der Waals surface area contributed by atoms with Crippen molar-refractivity contribution in [1.82, 2.24) is 15.0 Å². The molecule has 0 saturated heterocycles. The Kier molecular flexibility index (Phi) is 5.21. The van der Waals surface area contributed by atoms with Gasteiger partial charge in [-0.05, 0) is 51.2 Å². The van der Waals surface area contributed by atoms with Crippen molar-refractivity contribution >= 4 is 5.82 Å². The van der Waals surface area contributed by atoms with Crippen LogP contribution >= 0.6 is 0 Å². The Balaban J connectivity index is 1.84. The lowest BCUT2D eigenvalue weighted by molar-refractivity contribution is 0.645. The molecular weight excluding hydrogens is 284 g/mol. The first-order valence-corrected chi connectivity index (χ1v) is 8.79. The molecule has 0 amide bonds. The van der Waals surface area contributed by atoms with Gasteiger partial charge in [0.15, 0.2) is 0 Å². The number of rotatable bonds is 6. The highest BCUT2D eigenvalue weighted by atomic mass is 15.2. The van der Waals surface area contributed by atoms with Crippen LogP contribution in [-0.2, 0) is 19.3 Å². The lowest BCUT2D eigenvalue weighted by Crippen LogP contribution is -2.30. The van der Waals surface area contributed by atoms with Crippen LogP contribution < -0.4 is 4.90 Å². The lowest BCUT2D eigenvalue weighted by Gasteiger charge is -2.28. The van der Waals surface area contributed by atoms with Crippen LogP contribution in [0.3, 0.4) is 0 Å². The summed E-state index contributed by atoms with van der Waals surface area (Å²) in [6.07, 6.45) is 8.69. The Morgan fingerprint density at radius 3 is 2.74 bits per heavy atom. The van der Waals surface area contributed by atoms with Crippen LogP contribution in [0.15, 0.2) is 24.4 Å². The maximum atomic E-state index is 4.81. The fourth-order valence-electron chi connectivity index (χ4n) is 3.35. The van der Waals surface area contributed by atoms with Crippen molar-refractivity contribution in [3.63, 3.8) is 0 Å². The summed E-state index contributed by atoms with van der Waals surface area (Å²) in [5.41, 5.74) is 3.81. The van der Waals surface area contributed by atoms with Gasteiger partial charge in [0, 0.05) is 42.7 Å². The van der Waals surface area contributed by atoms with Gasteiger partial charge in [-0.3, -0.25) is 4.98 Å². The number of anilines is 1. The standard InChI is InChI=1S/C19H26N4/c1-3-13-23(14-11-16-8-6-7-12-20-16)19-17-9-4-5-10-18(17)21-15(2)22-19/h6-8,12H,3-5,9-11,13-14H2,1-2H3. The molecule has 0 fully saturated rings. The molecule has 0 atom stereocenters. The van der Waals surface area contributed by atoms with Gasteiger partial charge in [-0.2, -0.15) is 0 Å². The smallest absolute Gasteiger partial charge is 0.135 e. The molecule has 4 heteroatoms. The monoisotopic (exact) mass is 310 g/mol. The fraction of sp³-hybridized carbons (Fsp3) is 0.526. The molecule has 1 aliphatic carbocycles. The Hall–Kier alpha value is -1.97. The van der Waals surface area contributed by atoms with E-state index in [4.69, 9.17) is 4.98 Å². The van der Waals surface area contributed by atoms with E-state index in [-0.39, 0.29) is 0 Å². The predicted molar refractivity (Wildman–Crippen MR) is 93.9 cm³/mol. The molecule has 2 heterocycles. The molecule has 4 nitrogen and oxygen atoms in total. The minimum Gasteiger partial charge on any atom is -0.356 e. The average molecular weight is 310 g/mol. The fourth-order valence-corrected chi connectivity index (χ4v) is 3.35. The number of nitrogens with zero attached hydrogens (tertiary/aromatic N) is 4. The van der Waals surface area contributed by atoms with Crippen molar-refractivity contribution < 1.29 is 0 Å². The Bertz CT molecular complexity index is 639. The maximum absolute atomic E-state index is 4.81. The summed E-state index contributed by atoms with van der Waals surface area (Å²) in [7, 11) is 0. The number of fused-ring (bicyclic) bond motifs is 1. The van der Waals surface area contributed by atoms with E-state index in [0.717, 1.165) is 50.3 Å². The summed E-state index contributed by atoms with van der Waals surface area (Å²) in [6, 6.07) is 6.13. The lowest BCUT2D eigenvalue weighted by atomic mass is 9.96. The van der Waals surface area contributed by atoms with Crippen LogP contribution in [-0.4, -0.2) is 28.0 Å². The molecule has 1 aliphatic rings. The SMILES string of the molecule is CCCN(CCc1ccccn1)c1nc(C)nc2c1CCCC2. The van der Waals surface area contributed by atoms with Gasteiger partial charge in [0.2, 0.25) is 0 Å². The molecule has 122 valence electrons. The highest BCUT2D eigenvalue weighted by Crippen LogP contribution is 2.28. The number of hydrogen-bond donors (Lipinski definition) is 0. The van der Waals surface area contributed by atoms with E-state index in [1.165, 1.54) is 29.9 Å². The minimum atomic E-state index is 0.902. The number of pyridine rings is 1. The summed E-state index contributed by atoms with van der Waals surface area (Å²) in [4.78, 5) is 16.4. The zero-order chi connectivity index (χ0) is 16.1. The molecule has 0 radical (unpaired) electrons. The van der Waals surface area contributed by atoms with Crippen LogP contribution in [0.5, 0.6) is 0 Å². The predicted octanol–water partition coefficient (Wildman–Crippen LogP) is 3.52. The van der Waals surface area contributed by atoms with Crippen LogP contribution in [0.2, 0.25) is 0 Å². The maximum Gasteiger partial charge on any atom is 0.135 e. The van der Waals surface area contributed by atoms with E-state index in [1.54, 1.807) is 0 Å². The first-order chi connectivity index (χ1) is 11.3. The van der Waals surface area contributed by atoms with E-state index in [1.807, 2.05) is 19.2 Å². The third-order valence-electron chi connectivity index (χ3n) is 4.43. The zero-order valence-corrected chi connectivity index (χ0v) is 14.3. The van der Waals surface area contributed by atoms with E-state index in [2.05, 4.69) is 33.9 Å². The topological polar surface area (TPSA) is 41.9 Å². The van der Waals surface area contributed by atoms with Gasteiger partial charge in [-0.1, -0.05) is 13.0 Å².